The van der Waals surface area contributed by atoms with Crippen LogP contribution in [0.25, 0.3) is 0 Å². The normalized spacial score (nSPS) is 17.6. The largest absolute Gasteiger partial charge is 0.381 e. The summed E-state index contributed by atoms with van der Waals surface area (Å²) in [6.45, 7) is 0.768. The third kappa shape index (κ3) is 4.29. The van der Waals surface area contributed by atoms with Crippen LogP contribution in [0, 0.1) is 28.5 Å². The standard InChI is InChI=1S/C24H22FN5O3/c25-21-16(11-17(13-27)29-23(32)24(28)7-9-33-10-8-24)3-6-19-20(21)14-30(22(19)31)18-4-1-15(12-26)2-5-18/h1-6,17H,7-11,14,28H2,(H,29,32)/t17-/m0/s1. The van der Waals surface area contributed by atoms with Gasteiger partial charge in [0.1, 0.15) is 11.9 Å². The number of hydrogen-bond donors (Lipinski definition) is 2. The van der Waals surface area contributed by atoms with Crippen molar-refractivity contribution >= 4 is 17.5 Å². The number of hydrogen-bond acceptors (Lipinski definition) is 6. The predicted molar refractivity (Wildman–Crippen MR) is 116 cm³/mol. The molecule has 4 rings (SSSR count). The molecule has 2 amide bonds. The van der Waals surface area contributed by atoms with Crippen molar-refractivity contribution < 1.29 is 18.7 Å². The zero-order valence-corrected chi connectivity index (χ0v) is 17.8. The molecule has 2 aromatic rings. The third-order valence-electron chi connectivity index (χ3n) is 6.15. The maximum Gasteiger partial charge on any atom is 0.259 e. The van der Waals surface area contributed by atoms with Crippen LogP contribution in [0.4, 0.5) is 10.1 Å². The molecule has 0 radical (unpaired) electrons. The molecule has 0 spiro atoms. The maximum atomic E-state index is 15.3. The number of nitrogens with two attached hydrogens (primary N) is 1. The van der Waals surface area contributed by atoms with Gasteiger partial charge in [0, 0.05) is 36.4 Å². The van der Waals surface area contributed by atoms with Crippen LogP contribution in [0.5, 0.6) is 0 Å². The number of rotatable bonds is 5. The highest BCUT2D eigenvalue weighted by Crippen LogP contribution is 2.32. The van der Waals surface area contributed by atoms with Crippen molar-refractivity contribution in [3.8, 4) is 12.1 Å². The molecule has 0 aromatic heterocycles. The minimum absolute atomic E-state index is 0.0369. The SMILES string of the molecule is N#Cc1ccc(N2Cc3c(ccc(C[C@@H](C#N)NC(=O)C4(N)CCOCC4)c3F)C2=O)cc1. The minimum atomic E-state index is -1.11. The van der Waals surface area contributed by atoms with Gasteiger partial charge in [-0.05, 0) is 48.7 Å². The van der Waals surface area contributed by atoms with Crippen LogP contribution in [0.1, 0.15) is 39.9 Å². The minimum Gasteiger partial charge on any atom is -0.381 e. The Bertz CT molecular complexity index is 1180. The maximum absolute atomic E-state index is 15.3. The van der Waals surface area contributed by atoms with E-state index in [-0.39, 0.29) is 35.6 Å². The highest BCUT2D eigenvalue weighted by Gasteiger charge is 2.37. The summed E-state index contributed by atoms with van der Waals surface area (Å²) in [5, 5.41) is 21.1. The molecule has 168 valence electrons. The lowest BCUT2D eigenvalue weighted by atomic mass is 9.89. The number of halogens is 1. The van der Waals surface area contributed by atoms with Gasteiger partial charge in [-0.2, -0.15) is 10.5 Å². The molecule has 9 heteroatoms. The average molecular weight is 447 g/mol. The van der Waals surface area contributed by atoms with Crippen LogP contribution in [0.2, 0.25) is 0 Å². The highest BCUT2D eigenvalue weighted by atomic mass is 19.1. The van der Waals surface area contributed by atoms with Crippen molar-refractivity contribution in [3.63, 3.8) is 0 Å². The van der Waals surface area contributed by atoms with E-state index in [1.54, 1.807) is 30.3 Å². The van der Waals surface area contributed by atoms with Crippen molar-refractivity contribution in [1.82, 2.24) is 5.32 Å². The fourth-order valence-electron chi connectivity index (χ4n) is 4.10. The van der Waals surface area contributed by atoms with E-state index in [0.29, 0.717) is 37.3 Å². The van der Waals surface area contributed by atoms with E-state index in [9.17, 15) is 14.9 Å². The van der Waals surface area contributed by atoms with Gasteiger partial charge in [0.15, 0.2) is 0 Å². The lowest BCUT2D eigenvalue weighted by Crippen LogP contribution is -2.58. The lowest BCUT2D eigenvalue weighted by Gasteiger charge is -2.32. The number of ether oxygens (including phenoxy) is 1. The summed E-state index contributed by atoms with van der Waals surface area (Å²) in [6.07, 6.45) is 0.633. The molecule has 1 atom stereocenters. The Balaban J connectivity index is 1.51. The van der Waals surface area contributed by atoms with Gasteiger partial charge in [0.25, 0.3) is 5.91 Å². The number of nitrogens with zero attached hydrogens (tertiary/aromatic N) is 3. The van der Waals surface area contributed by atoms with Crippen molar-refractivity contribution in [3.05, 3.63) is 64.5 Å². The Labute approximate surface area is 190 Å². The summed E-state index contributed by atoms with van der Waals surface area (Å²) in [6, 6.07) is 12.5. The van der Waals surface area contributed by atoms with E-state index in [1.165, 1.54) is 11.0 Å². The molecule has 33 heavy (non-hydrogen) atoms. The van der Waals surface area contributed by atoms with Gasteiger partial charge in [-0.15, -0.1) is 0 Å². The molecule has 8 nitrogen and oxygen atoms in total. The number of amides is 2. The second-order valence-electron chi connectivity index (χ2n) is 8.24. The van der Waals surface area contributed by atoms with Crippen molar-refractivity contribution in [2.45, 2.75) is 37.4 Å². The van der Waals surface area contributed by atoms with Gasteiger partial charge in [-0.25, -0.2) is 4.39 Å². The van der Waals surface area contributed by atoms with E-state index < -0.39 is 23.3 Å². The Hall–Kier alpha value is -3.79. The molecular weight excluding hydrogens is 425 g/mol. The first-order valence-electron chi connectivity index (χ1n) is 10.6. The predicted octanol–water partition coefficient (Wildman–Crippen LogP) is 1.92. The van der Waals surface area contributed by atoms with Crippen LogP contribution in [-0.2, 0) is 22.5 Å². The zero-order valence-electron chi connectivity index (χ0n) is 17.8. The molecule has 0 saturated carbocycles. The first kappa shape index (κ1) is 22.4. The van der Waals surface area contributed by atoms with E-state index in [4.69, 9.17) is 15.7 Å². The third-order valence-corrected chi connectivity index (χ3v) is 6.15. The number of fused-ring (bicyclic) bond motifs is 1. The summed E-state index contributed by atoms with van der Waals surface area (Å²) in [5.74, 6) is -1.36. The molecule has 2 aliphatic heterocycles. The van der Waals surface area contributed by atoms with E-state index >= 15 is 4.39 Å². The van der Waals surface area contributed by atoms with Crippen LogP contribution in [0.15, 0.2) is 36.4 Å². The quantitative estimate of drug-likeness (QED) is 0.720. The van der Waals surface area contributed by atoms with Gasteiger partial charge >= 0.3 is 0 Å². The van der Waals surface area contributed by atoms with E-state index in [2.05, 4.69) is 5.32 Å². The highest BCUT2D eigenvalue weighted by molar-refractivity contribution is 6.10. The van der Waals surface area contributed by atoms with Gasteiger partial charge in [-0.1, -0.05) is 6.07 Å². The summed E-state index contributed by atoms with van der Waals surface area (Å²) in [5.41, 5.74) is 6.80. The molecule has 2 heterocycles. The molecule has 0 unspecified atom stereocenters. The Morgan fingerprint density at radius 3 is 2.55 bits per heavy atom. The topological polar surface area (TPSA) is 132 Å². The van der Waals surface area contributed by atoms with Crippen LogP contribution in [0.3, 0.4) is 0 Å². The fraction of sp³-hybridized carbons (Fsp3) is 0.333. The lowest BCUT2D eigenvalue weighted by molar-refractivity contribution is -0.130. The van der Waals surface area contributed by atoms with Gasteiger partial charge in [0.2, 0.25) is 5.91 Å². The number of anilines is 1. The first-order chi connectivity index (χ1) is 15.9. The summed E-state index contributed by atoms with van der Waals surface area (Å²) in [7, 11) is 0. The molecule has 0 bridgehead atoms. The van der Waals surface area contributed by atoms with Gasteiger partial charge in [-0.3, -0.25) is 9.59 Å². The van der Waals surface area contributed by atoms with Crippen LogP contribution >= 0.6 is 0 Å². The second-order valence-corrected chi connectivity index (χ2v) is 8.24. The van der Waals surface area contributed by atoms with Crippen LogP contribution < -0.4 is 16.0 Å². The number of carbonyl (C=O) groups excluding carboxylic acids is 2. The second kappa shape index (κ2) is 8.99. The molecule has 2 aromatic carbocycles. The molecule has 1 saturated heterocycles. The van der Waals surface area contributed by atoms with E-state index in [1.807, 2.05) is 12.1 Å². The van der Waals surface area contributed by atoms with Crippen molar-refractivity contribution in [2.24, 2.45) is 5.73 Å². The molecular formula is C24H22FN5O3. The average Bonchev–Trinajstić information content (AvgIpc) is 3.17. The van der Waals surface area contributed by atoms with Crippen molar-refractivity contribution in [1.29, 1.82) is 10.5 Å². The molecule has 2 aliphatic rings. The number of benzene rings is 2. The zero-order chi connectivity index (χ0) is 23.6. The Morgan fingerprint density at radius 2 is 1.91 bits per heavy atom. The van der Waals surface area contributed by atoms with Crippen LogP contribution in [-0.4, -0.2) is 36.6 Å². The molecule has 1 fully saturated rings. The first-order valence-corrected chi connectivity index (χ1v) is 10.6. The number of nitriles is 2. The monoisotopic (exact) mass is 447 g/mol. The van der Waals surface area contributed by atoms with Gasteiger partial charge in [0.05, 0.1) is 29.8 Å². The number of nitrogens with one attached hydrogen (secondary N) is 1. The summed E-state index contributed by atoms with van der Waals surface area (Å²) >= 11 is 0. The van der Waals surface area contributed by atoms with Crippen molar-refractivity contribution in [2.75, 3.05) is 18.1 Å². The Morgan fingerprint density at radius 1 is 1.21 bits per heavy atom. The smallest absolute Gasteiger partial charge is 0.259 e. The summed E-state index contributed by atoms with van der Waals surface area (Å²) in [4.78, 5) is 26.9. The number of carbonyl (C=O) groups is 2. The molecule has 3 N–H and O–H groups in total. The molecule has 0 aliphatic carbocycles. The van der Waals surface area contributed by atoms with Gasteiger partial charge < -0.3 is 20.7 Å². The summed E-state index contributed by atoms with van der Waals surface area (Å²) < 4.78 is 20.6. The Kier molecular flexibility index (Phi) is 6.10. The fourth-order valence-corrected chi connectivity index (χ4v) is 4.10. The van der Waals surface area contributed by atoms with E-state index in [0.717, 1.165) is 0 Å².